The van der Waals surface area contributed by atoms with Gasteiger partial charge in [0.25, 0.3) is 0 Å². The molecule has 1 heterocycles. The molecule has 0 bridgehead atoms. The second-order valence-electron chi connectivity index (χ2n) is 8.24. The third-order valence-electron chi connectivity index (χ3n) is 4.63. The lowest BCUT2D eigenvalue weighted by Gasteiger charge is -2.29. The lowest BCUT2D eigenvalue weighted by atomic mass is 9.93. The molecule has 5 heteroatoms. The van der Waals surface area contributed by atoms with E-state index >= 15 is 0 Å². The van der Waals surface area contributed by atoms with E-state index in [1.807, 2.05) is 7.05 Å². The molecule has 1 saturated heterocycles. The summed E-state index contributed by atoms with van der Waals surface area (Å²) in [6.45, 7) is 10.7. The van der Waals surface area contributed by atoms with Crippen LogP contribution in [0.25, 0.3) is 0 Å². The fraction of sp³-hybridized carbons (Fsp3) is 0.650. The Balaban J connectivity index is 1.83. The molecule has 0 amide bonds. The van der Waals surface area contributed by atoms with Crippen LogP contribution in [-0.4, -0.2) is 64.2 Å². The van der Waals surface area contributed by atoms with Crippen LogP contribution in [0.4, 0.5) is 5.69 Å². The molecule has 1 unspecified atom stereocenters. The molecule has 1 fully saturated rings. The number of guanidine groups is 1. The SMILES string of the molecule is CN=C(NCC(C)(C)CN(C)C)NC1CCN(c2ccc(C)cc2)C1. The Hall–Kier alpha value is -1.75. The maximum absolute atomic E-state index is 4.41. The highest BCUT2D eigenvalue weighted by Crippen LogP contribution is 2.20. The molecule has 140 valence electrons. The van der Waals surface area contributed by atoms with Gasteiger partial charge >= 0.3 is 0 Å². The van der Waals surface area contributed by atoms with E-state index in [1.165, 1.54) is 11.3 Å². The second-order valence-corrected chi connectivity index (χ2v) is 8.24. The van der Waals surface area contributed by atoms with Gasteiger partial charge in [-0.25, -0.2) is 0 Å². The maximum Gasteiger partial charge on any atom is 0.191 e. The summed E-state index contributed by atoms with van der Waals surface area (Å²) in [6, 6.07) is 9.24. The number of anilines is 1. The topological polar surface area (TPSA) is 42.9 Å². The van der Waals surface area contributed by atoms with Crippen LogP contribution in [0.2, 0.25) is 0 Å². The van der Waals surface area contributed by atoms with Gasteiger partial charge in [-0.1, -0.05) is 31.5 Å². The summed E-state index contributed by atoms with van der Waals surface area (Å²) in [4.78, 5) is 9.08. The highest BCUT2D eigenvalue weighted by atomic mass is 15.2. The maximum atomic E-state index is 4.41. The van der Waals surface area contributed by atoms with Gasteiger partial charge in [0.1, 0.15) is 0 Å². The van der Waals surface area contributed by atoms with Crippen molar-refractivity contribution >= 4 is 11.6 Å². The second kappa shape index (κ2) is 8.56. The van der Waals surface area contributed by atoms with E-state index in [4.69, 9.17) is 0 Å². The van der Waals surface area contributed by atoms with Crippen molar-refractivity contribution in [1.82, 2.24) is 15.5 Å². The van der Waals surface area contributed by atoms with E-state index in [-0.39, 0.29) is 5.41 Å². The van der Waals surface area contributed by atoms with Gasteiger partial charge in [-0.05, 0) is 45.0 Å². The smallest absolute Gasteiger partial charge is 0.191 e. The van der Waals surface area contributed by atoms with Crippen LogP contribution in [0.3, 0.4) is 0 Å². The summed E-state index contributed by atoms with van der Waals surface area (Å²) in [5.74, 6) is 0.905. The standard InChI is InChI=1S/C20H35N5/c1-16-7-9-18(10-8-16)25-12-11-17(13-25)23-19(21-4)22-14-20(2,3)15-24(5)6/h7-10,17H,11-15H2,1-6H3,(H2,21,22,23). The van der Waals surface area contributed by atoms with Gasteiger partial charge in [-0.3, -0.25) is 4.99 Å². The van der Waals surface area contributed by atoms with Gasteiger partial charge in [0.15, 0.2) is 5.96 Å². The molecule has 1 aliphatic heterocycles. The molecular weight excluding hydrogens is 310 g/mol. The first kappa shape index (κ1) is 19.6. The molecule has 1 atom stereocenters. The minimum atomic E-state index is 0.199. The van der Waals surface area contributed by atoms with E-state index in [0.29, 0.717) is 6.04 Å². The van der Waals surface area contributed by atoms with E-state index in [0.717, 1.165) is 38.6 Å². The van der Waals surface area contributed by atoms with Crippen molar-refractivity contribution in [3.63, 3.8) is 0 Å². The number of benzene rings is 1. The average molecular weight is 346 g/mol. The molecule has 0 aromatic heterocycles. The van der Waals surface area contributed by atoms with Crippen molar-refractivity contribution in [2.45, 2.75) is 33.2 Å². The number of aliphatic imine (C=N–C) groups is 1. The summed E-state index contributed by atoms with van der Waals surface area (Å²) < 4.78 is 0. The minimum Gasteiger partial charge on any atom is -0.369 e. The van der Waals surface area contributed by atoms with Crippen molar-refractivity contribution in [2.24, 2.45) is 10.4 Å². The molecule has 0 saturated carbocycles. The van der Waals surface area contributed by atoms with E-state index in [9.17, 15) is 0 Å². The van der Waals surface area contributed by atoms with Crippen LogP contribution in [0.5, 0.6) is 0 Å². The highest BCUT2D eigenvalue weighted by Gasteiger charge is 2.24. The molecule has 2 rings (SSSR count). The largest absolute Gasteiger partial charge is 0.369 e. The predicted molar refractivity (Wildman–Crippen MR) is 109 cm³/mol. The highest BCUT2D eigenvalue weighted by molar-refractivity contribution is 5.80. The molecule has 0 spiro atoms. The van der Waals surface area contributed by atoms with Crippen molar-refractivity contribution < 1.29 is 0 Å². The third kappa shape index (κ3) is 6.24. The lowest BCUT2D eigenvalue weighted by Crippen LogP contribution is -2.48. The number of aryl methyl sites for hydroxylation is 1. The molecular formula is C20H35N5. The first-order valence-corrected chi connectivity index (χ1v) is 9.22. The van der Waals surface area contributed by atoms with Crippen LogP contribution in [0.15, 0.2) is 29.3 Å². The molecule has 0 radical (unpaired) electrons. The Labute approximate surface area is 153 Å². The quantitative estimate of drug-likeness (QED) is 0.613. The average Bonchev–Trinajstić information content (AvgIpc) is 2.99. The normalized spacial score (nSPS) is 18.8. The Morgan fingerprint density at radius 3 is 2.56 bits per heavy atom. The lowest BCUT2D eigenvalue weighted by molar-refractivity contribution is 0.241. The van der Waals surface area contributed by atoms with E-state index in [2.05, 4.69) is 84.6 Å². The van der Waals surface area contributed by atoms with Crippen LogP contribution < -0.4 is 15.5 Å². The fourth-order valence-electron chi connectivity index (χ4n) is 3.49. The summed E-state index contributed by atoms with van der Waals surface area (Å²) in [5, 5.41) is 7.08. The van der Waals surface area contributed by atoms with E-state index < -0.39 is 0 Å². The van der Waals surface area contributed by atoms with Gasteiger partial charge in [0, 0.05) is 45.0 Å². The number of nitrogens with zero attached hydrogens (tertiary/aromatic N) is 3. The summed E-state index contributed by atoms with van der Waals surface area (Å²) in [7, 11) is 6.08. The van der Waals surface area contributed by atoms with Gasteiger partial charge in [0.2, 0.25) is 0 Å². The molecule has 25 heavy (non-hydrogen) atoms. The molecule has 1 aliphatic rings. The van der Waals surface area contributed by atoms with Gasteiger partial charge in [0.05, 0.1) is 0 Å². The monoisotopic (exact) mass is 345 g/mol. The van der Waals surface area contributed by atoms with Gasteiger partial charge in [-0.2, -0.15) is 0 Å². The Kier molecular flexibility index (Phi) is 6.71. The van der Waals surface area contributed by atoms with Crippen LogP contribution in [0.1, 0.15) is 25.8 Å². The van der Waals surface area contributed by atoms with Crippen LogP contribution in [-0.2, 0) is 0 Å². The number of hydrogen-bond donors (Lipinski definition) is 2. The summed E-state index contributed by atoms with van der Waals surface area (Å²) in [6.07, 6.45) is 1.13. The zero-order valence-electron chi connectivity index (χ0n) is 16.8. The van der Waals surface area contributed by atoms with Crippen molar-refractivity contribution in [1.29, 1.82) is 0 Å². The Morgan fingerprint density at radius 1 is 1.28 bits per heavy atom. The van der Waals surface area contributed by atoms with Crippen LogP contribution >= 0.6 is 0 Å². The molecule has 1 aromatic carbocycles. The molecule has 2 N–H and O–H groups in total. The number of hydrogen-bond acceptors (Lipinski definition) is 3. The van der Waals surface area contributed by atoms with Crippen molar-refractivity contribution in [3.8, 4) is 0 Å². The predicted octanol–water partition coefficient (Wildman–Crippen LogP) is 2.33. The number of nitrogens with one attached hydrogen (secondary N) is 2. The summed E-state index contributed by atoms with van der Waals surface area (Å²) >= 11 is 0. The molecule has 5 nitrogen and oxygen atoms in total. The third-order valence-corrected chi connectivity index (χ3v) is 4.63. The Bertz CT molecular complexity index is 562. The van der Waals surface area contributed by atoms with Crippen molar-refractivity contribution in [2.75, 3.05) is 52.2 Å². The fourth-order valence-corrected chi connectivity index (χ4v) is 3.49. The first-order valence-electron chi connectivity index (χ1n) is 9.22. The van der Waals surface area contributed by atoms with E-state index in [1.54, 1.807) is 0 Å². The van der Waals surface area contributed by atoms with Gasteiger partial charge < -0.3 is 20.4 Å². The summed E-state index contributed by atoms with van der Waals surface area (Å²) in [5.41, 5.74) is 2.82. The number of rotatable bonds is 6. The Morgan fingerprint density at radius 2 is 1.96 bits per heavy atom. The van der Waals surface area contributed by atoms with Gasteiger partial charge in [-0.15, -0.1) is 0 Å². The van der Waals surface area contributed by atoms with Crippen molar-refractivity contribution in [3.05, 3.63) is 29.8 Å². The first-order chi connectivity index (χ1) is 11.8. The minimum absolute atomic E-state index is 0.199. The zero-order chi connectivity index (χ0) is 18.4. The zero-order valence-corrected chi connectivity index (χ0v) is 16.8. The molecule has 0 aliphatic carbocycles. The molecule has 1 aromatic rings. The van der Waals surface area contributed by atoms with Crippen LogP contribution in [0, 0.1) is 12.3 Å².